The number of aryl methyl sites for hydroxylation is 1. The van der Waals surface area contributed by atoms with E-state index in [0.717, 1.165) is 11.2 Å². The van der Waals surface area contributed by atoms with Crippen molar-refractivity contribution in [2.24, 2.45) is 5.73 Å². The maximum absolute atomic E-state index is 12.4. The van der Waals surface area contributed by atoms with Crippen LogP contribution in [-0.4, -0.2) is 28.1 Å². The van der Waals surface area contributed by atoms with Crippen molar-refractivity contribution >= 4 is 16.8 Å². The highest BCUT2D eigenvalue weighted by molar-refractivity contribution is 6.10. The van der Waals surface area contributed by atoms with E-state index in [4.69, 9.17) is 5.73 Å². The third-order valence-corrected chi connectivity index (χ3v) is 3.18. The molecular formula is C14H19N3O2. The molecule has 102 valence electrons. The fourth-order valence-electron chi connectivity index (χ4n) is 2.06. The molecule has 1 heterocycles. The minimum Gasteiger partial charge on any atom is -0.507 e. The Labute approximate surface area is 111 Å². The lowest BCUT2D eigenvalue weighted by atomic mass is 10.0. The second kappa shape index (κ2) is 4.59. The van der Waals surface area contributed by atoms with Gasteiger partial charge in [0.05, 0.1) is 16.5 Å². The first-order valence-corrected chi connectivity index (χ1v) is 6.18. The van der Waals surface area contributed by atoms with Gasteiger partial charge in [-0.2, -0.15) is 0 Å². The SMILES string of the molecule is Cc1[nH]c2cccc(O)c2c1C(=O)NC(C)(C)CN. The van der Waals surface area contributed by atoms with Crippen LogP contribution >= 0.6 is 0 Å². The Morgan fingerprint density at radius 2 is 2.16 bits per heavy atom. The zero-order chi connectivity index (χ0) is 14.2. The van der Waals surface area contributed by atoms with Crippen molar-refractivity contribution in [1.82, 2.24) is 10.3 Å². The highest BCUT2D eigenvalue weighted by atomic mass is 16.3. The molecule has 19 heavy (non-hydrogen) atoms. The fraction of sp³-hybridized carbons (Fsp3) is 0.357. The van der Waals surface area contributed by atoms with Crippen LogP contribution < -0.4 is 11.1 Å². The third-order valence-electron chi connectivity index (χ3n) is 3.18. The number of hydrogen-bond donors (Lipinski definition) is 4. The standard InChI is InChI=1S/C14H19N3O2/c1-8-11(13(19)17-14(2,3)7-15)12-9(16-8)5-4-6-10(12)18/h4-6,16,18H,7,15H2,1-3H3,(H,17,19). The first-order chi connectivity index (χ1) is 8.85. The summed E-state index contributed by atoms with van der Waals surface area (Å²) in [6, 6.07) is 5.13. The monoisotopic (exact) mass is 261 g/mol. The van der Waals surface area contributed by atoms with Crippen LogP contribution in [0.15, 0.2) is 18.2 Å². The Bertz CT molecular complexity index is 629. The summed E-state index contributed by atoms with van der Waals surface area (Å²) < 4.78 is 0. The Hall–Kier alpha value is -2.01. The molecule has 2 rings (SSSR count). The van der Waals surface area contributed by atoms with Crippen molar-refractivity contribution in [2.75, 3.05) is 6.54 Å². The molecule has 0 spiro atoms. The quantitative estimate of drug-likeness (QED) is 0.677. The molecule has 0 aliphatic carbocycles. The molecule has 1 aromatic heterocycles. The van der Waals surface area contributed by atoms with Gasteiger partial charge in [0.1, 0.15) is 5.75 Å². The molecule has 0 saturated carbocycles. The Morgan fingerprint density at radius 1 is 1.47 bits per heavy atom. The van der Waals surface area contributed by atoms with Crippen LogP contribution in [0.2, 0.25) is 0 Å². The maximum atomic E-state index is 12.4. The van der Waals surface area contributed by atoms with E-state index in [1.54, 1.807) is 12.1 Å². The van der Waals surface area contributed by atoms with E-state index in [1.807, 2.05) is 26.8 Å². The van der Waals surface area contributed by atoms with E-state index in [1.165, 1.54) is 0 Å². The van der Waals surface area contributed by atoms with Gasteiger partial charge in [-0.05, 0) is 32.9 Å². The summed E-state index contributed by atoms with van der Waals surface area (Å²) in [6.45, 7) is 5.86. The molecule has 1 aromatic carbocycles. The molecule has 0 unspecified atom stereocenters. The molecule has 0 saturated heterocycles. The molecule has 0 radical (unpaired) electrons. The molecule has 2 aromatic rings. The van der Waals surface area contributed by atoms with Crippen molar-refractivity contribution in [2.45, 2.75) is 26.3 Å². The van der Waals surface area contributed by atoms with Gasteiger partial charge in [-0.1, -0.05) is 6.07 Å². The highest BCUT2D eigenvalue weighted by Crippen LogP contribution is 2.30. The van der Waals surface area contributed by atoms with Crippen molar-refractivity contribution < 1.29 is 9.90 Å². The number of amides is 1. The average molecular weight is 261 g/mol. The fourth-order valence-corrected chi connectivity index (χ4v) is 2.06. The number of aromatic nitrogens is 1. The van der Waals surface area contributed by atoms with Crippen LogP contribution in [0.25, 0.3) is 10.9 Å². The zero-order valence-corrected chi connectivity index (χ0v) is 11.4. The summed E-state index contributed by atoms with van der Waals surface area (Å²) in [6.07, 6.45) is 0. The number of fused-ring (bicyclic) bond motifs is 1. The van der Waals surface area contributed by atoms with Crippen LogP contribution in [0.1, 0.15) is 29.9 Å². The largest absolute Gasteiger partial charge is 0.507 e. The lowest BCUT2D eigenvalue weighted by molar-refractivity contribution is 0.0916. The van der Waals surface area contributed by atoms with Gasteiger partial charge >= 0.3 is 0 Å². The summed E-state index contributed by atoms with van der Waals surface area (Å²) in [7, 11) is 0. The number of phenols is 1. The normalized spacial score (nSPS) is 11.8. The molecule has 5 heteroatoms. The van der Waals surface area contributed by atoms with Gasteiger partial charge in [-0.25, -0.2) is 0 Å². The van der Waals surface area contributed by atoms with Gasteiger partial charge in [0.15, 0.2) is 0 Å². The van der Waals surface area contributed by atoms with Gasteiger partial charge in [-0.15, -0.1) is 0 Å². The minimum absolute atomic E-state index is 0.0950. The maximum Gasteiger partial charge on any atom is 0.254 e. The van der Waals surface area contributed by atoms with Gasteiger partial charge in [-0.3, -0.25) is 4.79 Å². The smallest absolute Gasteiger partial charge is 0.254 e. The summed E-state index contributed by atoms with van der Waals surface area (Å²) >= 11 is 0. The van der Waals surface area contributed by atoms with Gasteiger partial charge in [0.2, 0.25) is 0 Å². The second-order valence-electron chi connectivity index (χ2n) is 5.37. The number of carbonyl (C=O) groups excluding carboxylic acids is 1. The third kappa shape index (κ3) is 2.42. The predicted molar refractivity (Wildman–Crippen MR) is 75.3 cm³/mol. The van der Waals surface area contributed by atoms with Crippen LogP contribution in [-0.2, 0) is 0 Å². The van der Waals surface area contributed by atoms with Gasteiger partial charge in [0, 0.05) is 17.8 Å². The Balaban J connectivity index is 2.51. The molecule has 0 aliphatic rings. The number of H-pyrrole nitrogens is 1. The number of aromatic amines is 1. The first kappa shape index (κ1) is 13.4. The lowest BCUT2D eigenvalue weighted by Gasteiger charge is -2.24. The first-order valence-electron chi connectivity index (χ1n) is 6.18. The van der Waals surface area contributed by atoms with Crippen LogP contribution in [0.5, 0.6) is 5.75 Å². The Kier molecular flexibility index (Phi) is 3.24. The second-order valence-corrected chi connectivity index (χ2v) is 5.37. The number of rotatable bonds is 3. The number of nitrogens with one attached hydrogen (secondary N) is 2. The van der Waals surface area contributed by atoms with Crippen molar-refractivity contribution in [1.29, 1.82) is 0 Å². The summed E-state index contributed by atoms with van der Waals surface area (Å²) in [4.78, 5) is 15.5. The number of aromatic hydroxyl groups is 1. The number of nitrogens with two attached hydrogens (primary N) is 1. The molecule has 5 N–H and O–H groups in total. The van der Waals surface area contributed by atoms with Crippen LogP contribution in [0.3, 0.4) is 0 Å². The molecule has 0 aliphatic heterocycles. The van der Waals surface area contributed by atoms with E-state index in [-0.39, 0.29) is 11.7 Å². The average Bonchev–Trinajstić information content (AvgIpc) is 2.66. The summed E-state index contributed by atoms with van der Waals surface area (Å²) in [5.74, 6) is -0.141. The van der Waals surface area contributed by atoms with E-state index in [0.29, 0.717) is 17.5 Å². The van der Waals surface area contributed by atoms with E-state index in [9.17, 15) is 9.90 Å². The molecule has 0 bridgehead atoms. The predicted octanol–water partition coefficient (Wildman–Crippen LogP) is 1.65. The number of benzene rings is 1. The highest BCUT2D eigenvalue weighted by Gasteiger charge is 2.24. The number of phenolic OH excluding ortho intramolecular Hbond substituents is 1. The summed E-state index contributed by atoms with van der Waals surface area (Å²) in [5, 5.41) is 13.4. The topological polar surface area (TPSA) is 91.1 Å². The van der Waals surface area contributed by atoms with E-state index < -0.39 is 5.54 Å². The molecule has 1 amide bonds. The van der Waals surface area contributed by atoms with Crippen molar-refractivity contribution in [3.63, 3.8) is 0 Å². The van der Waals surface area contributed by atoms with Gasteiger partial charge in [0.25, 0.3) is 5.91 Å². The van der Waals surface area contributed by atoms with Gasteiger partial charge < -0.3 is 21.1 Å². The van der Waals surface area contributed by atoms with Crippen molar-refractivity contribution in [3.8, 4) is 5.75 Å². The number of carbonyl (C=O) groups is 1. The summed E-state index contributed by atoms with van der Waals surface area (Å²) in [5.41, 5.74) is 7.06. The van der Waals surface area contributed by atoms with Crippen molar-refractivity contribution in [3.05, 3.63) is 29.5 Å². The molecular weight excluding hydrogens is 242 g/mol. The Morgan fingerprint density at radius 3 is 2.79 bits per heavy atom. The van der Waals surface area contributed by atoms with Crippen LogP contribution in [0, 0.1) is 6.92 Å². The van der Waals surface area contributed by atoms with E-state index >= 15 is 0 Å². The molecule has 5 nitrogen and oxygen atoms in total. The lowest BCUT2D eigenvalue weighted by Crippen LogP contribution is -2.48. The number of hydrogen-bond acceptors (Lipinski definition) is 3. The molecule has 0 atom stereocenters. The van der Waals surface area contributed by atoms with E-state index in [2.05, 4.69) is 10.3 Å². The van der Waals surface area contributed by atoms with Crippen LogP contribution in [0.4, 0.5) is 0 Å². The minimum atomic E-state index is -0.489. The molecule has 0 fully saturated rings. The zero-order valence-electron chi connectivity index (χ0n) is 11.4.